The first-order valence-corrected chi connectivity index (χ1v) is 9.43. The van der Waals surface area contributed by atoms with Crippen molar-refractivity contribution in [1.29, 1.82) is 0 Å². The number of ether oxygens (including phenoxy) is 2. The van der Waals surface area contributed by atoms with Crippen LogP contribution in [0.1, 0.15) is 24.8 Å². The largest absolute Gasteiger partial charge is 0.486 e. The summed E-state index contributed by atoms with van der Waals surface area (Å²) in [6.45, 7) is 3.21. The molecule has 3 aliphatic heterocycles. The van der Waals surface area contributed by atoms with Crippen LogP contribution in [-0.4, -0.2) is 61.5 Å². The van der Waals surface area contributed by atoms with Gasteiger partial charge in [-0.1, -0.05) is 11.6 Å². The molecule has 3 heterocycles. The molecule has 1 aromatic carbocycles. The molecule has 0 aliphatic carbocycles. The number of benzene rings is 1. The van der Waals surface area contributed by atoms with Crippen LogP contribution in [0.3, 0.4) is 0 Å². The molecule has 2 fully saturated rings. The zero-order valence-corrected chi connectivity index (χ0v) is 15.7. The summed E-state index contributed by atoms with van der Waals surface area (Å²) in [7, 11) is 1.86. The Bertz CT molecular complexity index is 743. The van der Waals surface area contributed by atoms with Crippen LogP contribution in [0.15, 0.2) is 12.1 Å². The first-order chi connectivity index (χ1) is 12.5. The molecular weight excluding hydrogens is 356 g/mol. The van der Waals surface area contributed by atoms with Gasteiger partial charge in [-0.3, -0.25) is 9.59 Å². The van der Waals surface area contributed by atoms with Crippen LogP contribution < -0.4 is 9.47 Å². The Hall–Kier alpha value is -1.95. The number of carbonyl (C=O) groups is 2. The monoisotopic (exact) mass is 378 g/mol. The Labute approximate surface area is 158 Å². The first kappa shape index (κ1) is 17.5. The third-order valence-corrected chi connectivity index (χ3v) is 6.11. The van der Waals surface area contributed by atoms with E-state index in [2.05, 4.69) is 0 Å². The SMILES string of the molecule is CN1CC2(CCN(C(=O)Cc3cc4c(cc3Cl)OCCO4)CC2)CC1=O. The van der Waals surface area contributed by atoms with E-state index in [0.29, 0.717) is 49.2 Å². The van der Waals surface area contributed by atoms with Crippen molar-refractivity contribution in [2.45, 2.75) is 25.7 Å². The van der Waals surface area contributed by atoms with Crippen LogP contribution >= 0.6 is 11.6 Å². The molecule has 0 radical (unpaired) electrons. The number of fused-ring (bicyclic) bond motifs is 1. The van der Waals surface area contributed by atoms with E-state index in [-0.39, 0.29) is 23.7 Å². The minimum Gasteiger partial charge on any atom is -0.486 e. The van der Waals surface area contributed by atoms with Gasteiger partial charge in [0.05, 0.1) is 6.42 Å². The second-order valence-corrected chi connectivity index (χ2v) is 7.98. The summed E-state index contributed by atoms with van der Waals surface area (Å²) in [6, 6.07) is 3.54. The molecule has 1 spiro atoms. The predicted molar refractivity (Wildman–Crippen MR) is 96.6 cm³/mol. The van der Waals surface area contributed by atoms with E-state index in [9.17, 15) is 9.59 Å². The fraction of sp³-hybridized carbons (Fsp3) is 0.579. The number of amides is 2. The van der Waals surface area contributed by atoms with Crippen LogP contribution in [0.5, 0.6) is 11.5 Å². The molecule has 26 heavy (non-hydrogen) atoms. The average Bonchev–Trinajstić information content (AvgIpc) is 2.89. The minimum absolute atomic E-state index is 0.0528. The normalized spacial score (nSPS) is 21.4. The van der Waals surface area contributed by atoms with Gasteiger partial charge in [0, 0.05) is 49.6 Å². The first-order valence-electron chi connectivity index (χ1n) is 9.06. The number of likely N-dealkylation sites (tertiary alicyclic amines) is 2. The Morgan fingerprint density at radius 3 is 2.46 bits per heavy atom. The quantitative estimate of drug-likeness (QED) is 0.791. The van der Waals surface area contributed by atoms with E-state index in [1.54, 1.807) is 6.07 Å². The highest BCUT2D eigenvalue weighted by molar-refractivity contribution is 6.31. The Morgan fingerprint density at radius 1 is 1.19 bits per heavy atom. The van der Waals surface area contributed by atoms with Crippen LogP contribution in [0.25, 0.3) is 0 Å². The van der Waals surface area contributed by atoms with Crippen molar-refractivity contribution >= 4 is 23.4 Å². The lowest BCUT2D eigenvalue weighted by Gasteiger charge is -2.38. The summed E-state index contributed by atoms with van der Waals surface area (Å²) in [5.41, 5.74) is 0.814. The van der Waals surface area contributed by atoms with Gasteiger partial charge >= 0.3 is 0 Å². The molecule has 0 bridgehead atoms. The van der Waals surface area contributed by atoms with Gasteiger partial charge in [-0.05, 0) is 24.5 Å². The van der Waals surface area contributed by atoms with Crippen LogP contribution in [0.2, 0.25) is 5.02 Å². The van der Waals surface area contributed by atoms with Crippen LogP contribution in [-0.2, 0) is 16.0 Å². The molecule has 4 rings (SSSR count). The van der Waals surface area contributed by atoms with Crippen molar-refractivity contribution in [1.82, 2.24) is 9.80 Å². The minimum atomic E-state index is 0.0528. The van der Waals surface area contributed by atoms with Gasteiger partial charge in [-0.25, -0.2) is 0 Å². The summed E-state index contributed by atoms with van der Waals surface area (Å²) in [5, 5.41) is 0.527. The van der Waals surface area contributed by atoms with E-state index in [4.69, 9.17) is 21.1 Å². The molecule has 0 aromatic heterocycles. The molecule has 0 saturated carbocycles. The lowest BCUT2D eigenvalue weighted by atomic mass is 9.77. The standard InChI is InChI=1S/C19H23ClN2O4/c1-21-12-19(11-18(21)24)2-4-22(5-3-19)17(23)9-13-8-15-16(10-14(13)20)26-7-6-25-15/h8,10H,2-7,9,11-12H2,1H3. The van der Waals surface area contributed by atoms with Crippen LogP contribution in [0.4, 0.5) is 0 Å². The van der Waals surface area contributed by atoms with Gasteiger partial charge in [-0.15, -0.1) is 0 Å². The second kappa shape index (κ2) is 6.65. The maximum Gasteiger partial charge on any atom is 0.227 e. The van der Waals surface area contributed by atoms with Gasteiger partial charge in [0.1, 0.15) is 13.2 Å². The number of hydrogen-bond donors (Lipinski definition) is 0. The lowest BCUT2D eigenvalue weighted by Crippen LogP contribution is -2.44. The fourth-order valence-corrected chi connectivity index (χ4v) is 4.41. The number of hydrogen-bond acceptors (Lipinski definition) is 4. The highest BCUT2D eigenvalue weighted by Crippen LogP contribution is 2.41. The average molecular weight is 379 g/mol. The Morgan fingerprint density at radius 2 is 1.85 bits per heavy atom. The molecule has 7 heteroatoms. The third-order valence-electron chi connectivity index (χ3n) is 5.75. The Balaban J connectivity index is 1.40. The van der Waals surface area contributed by atoms with E-state index in [1.165, 1.54) is 0 Å². The van der Waals surface area contributed by atoms with Crippen molar-refractivity contribution in [3.05, 3.63) is 22.7 Å². The summed E-state index contributed by atoms with van der Waals surface area (Å²) in [4.78, 5) is 28.3. The summed E-state index contributed by atoms with van der Waals surface area (Å²) >= 11 is 6.33. The predicted octanol–water partition coefficient (Wildman–Crippen LogP) is 2.12. The van der Waals surface area contributed by atoms with E-state index in [0.717, 1.165) is 24.9 Å². The highest BCUT2D eigenvalue weighted by Gasteiger charge is 2.44. The second-order valence-electron chi connectivity index (χ2n) is 7.57. The maximum absolute atomic E-state index is 12.7. The zero-order valence-electron chi connectivity index (χ0n) is 14.9. The summed E-state index contributed by atoms with van der Waals surface area (Å²) < 4.78 is 11.1. The molecule has 1 aromatic rings. The third kappa shape index (κ3) is 3.22. The van der Waals surface area contributed by atoms with E-state index in [1.807, 2.05) is 22.9 Å². The van der Waals surface area contributed by atoms with Gasteiger partial charge in [-0.2, -0.15) is 0 Å². The molecular formula is C19H23ClN2O4. The zero-order chi connectivity index (χ0) is 18.3. The maximum atomic E-state index is 12.7. The molecule has 0 atom stereocenters. The summed E-state index contributed by atoms with van der Waals surface area (Å²) in [6.07, 6.45) is 2.62. The molecule has 2 amide bonds. The highest BCUT2D eigenvalue weighted by atomic mass is 35.5. The number of carbonyl (C=O) groups excluding carboxylic acids is 2. The van der Waals surface area contributed by atoms with E-state index < -0.39 is 0 Å². The van der Waals surface area contributed by atoms with Crippen molar-refractivity contribution in [2.24, 2.45) is 5.41 Å². The number of rotatable bonds is 2. The van der Waals surface area contributed by atoms with Gasteiger partial charge < -0.3 is 19.3 Å². The van der Waals surface area contributed by atoms with Gasteiger partial charge in [0.15, 0.2) is 11.5 Å². The molecule has 0 unspecified atom stereocenters. The molecule has 0 N–H and O–H groups in total. The molecule has 3 aliphatic rings. The van der Waals surface area contributed by atoms with Crippen LogP contribution in [0, 0.1) is 5.41 Å². The number of halogens is 1. The Kier molecular flexibility index (Phi) is 4.47. The van der Waals surface area contributed by atoms with Crippen molar-refractivity contribution in [3.63, 3.8) is 0 Å². The van der Waals surface area contributed by atoms with Gasteiger partial charge in [0.2, 0.25) is 11.8 Å². The van der Waals surface area contributed by atoms with E-state index >= 15 is 0 Å². The van der Waals surface area contributed by atoms with Crippen molar-refractivity contribution in [2.75, 3.05) is 39.9 Å². The molecule has 140 valence electrons. The topological polar surface area (TPSA) is 59.1 Å². The van der Waals surface area contributed by atoms with Gasteiger partial charge in [0.25, 0.3) is 0 Å². The van der Waals surface area contributed by atoms with Crippen molar-refractivity contribution in [3.8, 4) is 11.5 Å². The number of piperidine rings is 1. The lowest BCUT2D eigenvalue weighted by molar-refractivity contribution is -0.132. The number of nitrogens with zero attached hydrogens (tertiary/aromatic N) is 2. The molecule has 2 saturated heterocycles. The smallest absolute Gasteiger partial charge is 0.227 e. The summed E-state index contributed by atoms with van der Waals surface area (Å²) in [5.74, 6) is 1.56. The fourth-order valence-electron chi connectivity index (χ4n) is 4.18. The molecule has 6 nitrogen and oxygen atoms in total. The van der Waals surface area contributed by atoms with Crippen molar-refractivity contribution < 1.29 is 19.1 Å².